The molecule has 114 valence electrons. The average Bonchev–Trinajstić information content (AvgIpc) is 2.55. The Balaban J connectivity index is 2.07. The summed E-state index contributed by atoms with van der Waals surface area (Å²) in [6.07, 6.45) is 4.64. The molecule has 0 aliphatic carbocycles. The van der Waals surface area contributed by atoms with E-state index in [1.807, 2.05) is 19.1 Å². The van der Waals surface area contributed by atoms with Crippen LogP contribution in [0.1, 0.15) is 17.3 Å². The van der Waals surface area contributed by atoms with Gasteiger partial charge < -0.3 is 15.4 Å². The number of para-hydroxylation sites is 2. The summed E-state index contributed by atoms with van der Waals surface area (Å²) in [6, 6.07) is 7.27. The fourth-order valence-electron chi connectivity index (χ4n) is 1.75. The van der Waals surface area contributed by atoms with Crippen molar-refractivity contribution in [3.05, 3.63) is 54.9 Å². The van der Waals surface area contributed by atoms with Gasteiger partial charge in [-0.3, -0.25) is 4.79 Å². The Morgan fingerprint density at radius 1 is 1.32 bits per heavy atom. The topological polar surface area (TPSA) is 76.1 Å². The number of nitrogens with zero attached hydrogens (tertiary/aromatic N) is 2. The Morgan fingerprint density at radius 3 is 2.73 bits per heavy atom. The molecule has 2 aromatic rings. The monoisotopic (exact) mass is 298 g/mol. The summed E-state index contributed by atoms with van der Waals surface area (Å²) in [5.41, 5.74) is 0.985. The van der Waals surface area contributed by atoms with Crippen LogP contribution in [0.2, 0.25) is 0 Å². The Labute approximate surface area is 129 Å². The average molecular weight is 298 g/mol. The number of hydrogen-bond acceptors (Lipinski definition) is 5. The first kappa shape index (κ1) is 15.5. The van der Waals surface area contributed by atoms with Crippen molar-refractivity contribution in [2.45, 2.75) is 6.92 Å². The van der Waals surface area contributed by atoms with Crippen LogP contribution in [0.3, 0.4) is 0 Å². The third-order valence-electron chi connectivity index (χ3n) is 2.75. The van der Waals surface area contributed by atoms with Crippen molar-refractivity contribution < 1.29 is 9.53 Å². The lowest BCUT2D eigenvalue weighted by atomic mass is 10.2. The summed E-state index contributed by atoms with van der Waals surface area (Å²) in [5.74, 6) is 0.789. The highest BCUT2D eigenvalue weighted by molar-refractivity contribution is 6.04. The van der Waals surface area contributed by atoms with Gasteiger partial charge in [0.15, 0.2) is 0 Å². The summed E-state index contributed by atoms with van der Waals surface area (Å²) >= 11 is 0. The molecule has 0 saturated carbocycles. The van der Waals surface area contributed by atoms with Crippen LogP contribution in [0, 0.1) is 0 Å². The van der Waals surface area contributed by atoms with Crippen molar-refractivity contribution in [3.63, 3.8) is 0 Å². The van der Waals surface area contributed by atoms with Crippen molar-refractivity contribution in [2.75, 3.05) is 23.8 Å². The Kier molecular flexibility index (Phi) is 5.48. The van der Waals surface area contributed by atoms with Crippen LogP contribution in [0.4, 0.5) is 11.6 Å². The van der Waals surface area contributed by atoms with Gasteiger partial charge in [0, 0.05) is 18.9 Å². The number of ether oxygens (including phenoxy) is 1. The summed E-state index contributed by atoms with van der Waals surface area (Å²) in [7, 11) is 0. The number of carbonyl (C=O) groups is 1. The SMILES string of the molecule is C=CCNc1ncc(C(=O)Nc2ccccc2OCC)cn1. The van der Waals surface area contributed by atoms with Crippen molar-refractivity contribution in [2.24, 2.45) is 0 Å². The Hall–Kier alpha value is -2.89. The molecule has 0 radical (unpaired) electrons. The molecule has 6 nitrogen and oxygen atoms in total. The largest absolute Gasteiger partial charge is 0.492 e. The van der Waals surface area contributed by atoms with E-state index in [9.17, 15) is 4.79 Å². The van der Waals surface area contributed by atoms with Gasteiger partial charge in [-0.05, 0) is 19.1 Å². The summed E-state index contributed by atoms with van der Waals surface area (Å²) < 4.78 is 5.47. The maximum atomic E-state index is 12.2. The van der Waals surface area contributed by atoms with Crippen molar-refractivity contribution >= 4 is 17.5 Å². The molecule has 0 saturated heterocycles. The number of anilines is 2. The molecule has 0 aliphatic rings. The lowest BCUT2D eigenvalue weighted by molar-refractivity contribution is 0.102. The Morgan fingerprint density at radius 2 is 2.05 bits per heavy atom. The van der Waals surface area contributed by atoms with Gasteiger partial charge >= 0.3 is 0 Å². The fourth-order valence-corrected chi connectivity index (χ4v) is 1.75. The summed E-state index contributed by atoms with van der Waals surface area (Å²) in [5, 5.41) is 5.74. The lowest BCUT2D eigenvalue weighted by Crippen LogP contribution is -2.14. The van der Waals surface area contributed by atoms with Crippen LogP contribution in [-0.4, -0.2) is 29.0 Å². The van der Waals surface area contributed by atoms with Crippen LogP contribution in [0.25, 0.3) is 0 Å². The predicted molar refractivity (Wildman–Crippen MR) is 86.3 cm³/mol. The quantitative estimate of drug-likeness (QED) is 0.769. The summed E-state index contributed by atoms with van der Waals surface area (Å²) in [4.78, 5) is 20.4. The van der Waals surface area contributed by atoms with Crippen LogP contribution in [0.5, 0.6) is 5.75 Å². The molecule has 22 heavy (non-hydrogen) atoms. The normalized spacial score (nSPS) is 9.86. The van der Waals surface area contributed by atoms with Crippen LogP contribution in [0.15, 0.2) is 49.3 Å². The van der Waals surface area contributed by atoms with E-state index < -0.39 is 0 Å². The standard InChI is InChI=1S/C16H18N4O2/c1-3-9-17-16-18-10-12(11-19-16)15(21)20-13-7-5-6-8-14(13)22-4-2/h3,5-8,10-11H,1,4,9H2,2H3,(H,20,21)(H,17,18,19). The van der Waals surface area contributed by atoms with Gasteiger partial charge in [0.2, 0.25) is 5.95 Å². The third-order valence-corrected chi connectivity index (χ3v) is 2.75. The van der Waals surface area contributed by atoms with Crippen LogP contribution >= 0.6 is 0 Å². The second-order valence-electron chi connectivity index (χ2n) is 4.35. The summed E-state index contributed by atoms with van der Waals surface area (Å²) in [6.45, 7) is 6.58. The molecule has 2 rings (SSSR count). The molecule has 0 atom stereocenters. The predicted octanol–water partition coefficient (Wildman–Crippen LogP) is 2.73. The van der Waals surface area contributed by atoms with E-state index in [0.717, 1.165) is 0 Å². The fraction of sp³-hybridized carbons (Fsp3) is 0.188. The highest BCUT2D eigenvalue weighted by Crippen LogP contribution is 2.24. The second kappa shape index (κ2) is 7.78. The zero-order valence-corrected chi connectivity index (χ0v) is 12.4. The van der Waals surface area contributed by atoms with Crippen molar-refractivity contribution in [3.8, 4) is 5.75 Å². The second-order valence-corrected chi connectivity index (χ2v) is 4.35. The van der Waals surface area contributed by atoms with Gasteiger partial charge in [-0.25, -0.2) is 9.97 Å². The van der Waals surface area contributed by atoms with E-state index in [2.05, 4.69) is 27.2 Å². The van der Waals surface area contributed by atoms with E-state index in [4.69, 9.17) is 4.74 Å². The molecular formula is C16H18N4O2. The molecule has 0 aliphatic heterocycles. The molecule has 1 aromatic heterocycles. The first-order chi connectivity index (χ1) is 10.7. The van der Waals surface area contributed by atoms with Crippen molar-refractivity contribution in [1.82, 2.24) is 9.97 Å². The molecule has 0 spiro atoms. The van der Waals surface area contributed by atoms with Gasteiger partial charge in [0.05, 0.1) is 17.9 Å². The lowest BCUT2D eigenvalue weighted by Gasteiger charge is -2.11. The van der Waals surface area contributed by atoms with E-state index in [1.165, 1.54) is 12.4 Å². The maximum Gasteiger partial charge on any atom is 0.258 e. The molecule has 1 aromatic carbocycles. The van der Waals surface area contributed by atoms with Gasteiger partial charge in [0.25, 0.3) is 5.91 Å². The third kappa shape index (κ3) is 4.05. The molecule has 0 unspecified atom stereocenters. The van der Waals surface area contributed by atoms with Crippen LogP contribution in [-0.2, 0) is 0 Å². The van der Waals surface area contributed by atoms with Crippen LogP contribution < -0.4 is 15.4 Å². The zero-order chi connectivity index (χ0) is 15.8. The zero-order valence-electron chi connectivity index (χ0n) is 12.4. The molecule has 2 N–H and O–H groups in total. The number of benzene rings is 1. The molecule has 1 amide bonds. The number of amides is 1. The van der Waals surface area contributed by atoms with E-state index in [1.54, 1.807) is 18.2 Å². The number of carbonyl (C=O) groups excluding carboxylic acids is 1. The van der Waals surface area contributed by atoms with Crippen molar-refractivity contribution in [1.29, 1.82) is 0 Å². The Bertz CT molecular complexity index is 641. The number of hydrogen-bond donors (Lipinski definition) is 2. The van der Waals surface area contributed by atoms with Gasteiger partial charge in [-0.1, -0.05) is 18.2 Å². The minimum atomic E-state index is -0.289. The van der Waals surface area contributed by atoms with E-state index >= 15 is 0 Å². The first-order valence-electron chi connectivity index (χ1n) is 6.94. The van der Waals surface area contributed by atoms with E-state index in [-0.39, 0.29) is 5.91 Å². The molecule has 0 bridgehead atoms. The molecule has 1 heterocycles. The minimum Gasteiger partial charge on any atom is -0.492 e. The first-order valence-corrected chi connectivity index (χ1v) is 6.94. The highest BCUT2D eigenvalue weighted by atomic mass is 16.5. The molecule has 6 heteroatoms. The van der Waals surface area contributed by atoms with Gasteiger partial charge in [-0.2, -0.15) is 0 Å². The maximum absolute atomic E-state index is 12.2. The smallest absolute Gasteiger partial charge is 0.258 e. The number of nitrogens with one attached hydrogen (secondary N) is 2. The van der Waals surface area contributed by atoms with Gasteiger partial charge in [0.1, 0.15) is 5.75 Å². The number of aromatic nitrogens is 2. The van der Waals surface area contributed by atoms with E-state index in [0.29, 0.717) is 36.1 Å². The minimum absolute atomic E-state index is 0.289. The molecular weight excluding hydrogens is 280 g/mol. The van der Waals surface area contributed by atoms with Gasteiger partial charge in [-0.15, -0.1) is 6.58 Å². The highest BCUT2D eigenvalue weighted by Gasteiger charge is 2.10. The molecule has 0 fully saturated rings. The number of rotatable bonds is 7.